The molecule has 1 aromatic carbocycles. The molecule has 0 radical (unpaired) electrons. The number of carbonyl (C=O) groups excluding carboxylic acids is 2. The summed E-state index contributed by atoms with van der Waals surface area (Å²) in [5.74, 6) is -8.31. The van der Waals surface area contributed by atoms with Gasteiger partial charge in [0.05, 0.1) is 5.56 Å². The Bertz CT molecular complexity index is 711. The molecule has 1 atom stereocenters. The van der Waals surface area contributed by atoms with Crippen molar-refractivity contribution in [1.29, 1.82) is 0 Å². The second-order valence-corrected chi connectivity index (χ2v) is 5.74. The molecule has 0 bridgehead atoms. The van der Waals surface area contributed by atoms with Gasteiger partial charge in [0.2, 0.25) is 0 Å². The fourth-order valence-electron chi connectivity index (χ4n) is 1.77. The maximum Gasteiger partial charge on any atom is 0.416 e. The molecule has 1 rings (SSSR count). The fraction of sp³-hybridized carbons (Fsp3) is 0.412. The topological polar surface area (TPSA) is 52.6 Å². The maximum atomic E-state index is 14.5. The molecule has 1 unspecified atom stereocenters. The Morgan fingerprint density at radius 2 is 1.73 bits per heavy atom. The highest BCUT2D eigenvalue weighted by Gasteiger charge is 2.59. The van der Waals surface area contributed by atoms with Gasteiger partial charge in [-0.3, -0.25) is 0 Å². The minimum absolute atomic E-state index is 0.160. The number of alkyl halides is 5. The second kappa shape index (κ2) is 7.43. The van der Waals surface area contributed by atoms with Crippen molar-refractivity contribution in [3.63, 3.8) is 0 Å². The zero-order chi connectivity index (χ0) is 20.3. The smallest absolute Gasteiger partial charge is 0.416 e. The van der Waals surface area contributed by atoms with Crippen molar-refractivity contribution in [3.05, 3.63) is 42.0 Å². The Hall–Kier alpha value is -2.45. The number of halogens is 5. The van der Waals surface area contributed by atoms with Crippen molar-refractivity contribution in [2.45, 2.75) is 44.9 Å². The molecule has 144 valence electrons. The van der Waals surface area contributed by atoms with Gasteiger partial charge in [0, 0.05) is 5.57 Å². The molecular formula is C17H17F5O4. The Balaban J connectivity index is 3.10. The molecule has 0 aliphatic heterocycles. The standard InChI is InChI=1S/C17H17F5O4/c1-5-15(4,26-13(23)10(2)3)16(18,19)14(24)25-12-8-6-7-11(9-12)17(20,21)22/h6-9H,2,5H2,1,3-4H3. The van der Waals surface area contributed by atoms with Crippen LogP contribution in [-0.2, 0) is 20.5 Å². The molecule has 0 spiro atoms. The molecule has 0 aromatic heterocycles. The van der Waals surface area contributed by atoms with E-state index >= 15 is 0 Å². The summed E-state index contributed by atoms with van der Waals surface area (Å²) in [6, 6.07) is 2.94. The van der Waals surface area contributed by atoms with Crippen LogP contribution in [0.5, 0.6) is 5.75 Å². The highest BCUT2D eigenvalue weighted by molar-refractivity contribution is 5.88. The van der Waals surface area contributed by atoms with Crippen LogP contribution in [0.3, 0.4) is 0 Å². The summed E-state index contributed by atoms with van der Waals surface area (Å²) in [5, 5.41) is 0. The van der Waals surface area contributed by atoms with Gasteiger partial charge in [-0.15, -0.1) is 0 Å². The van der Waals surface area contributed by atoms with E-state index in [1.807, 2.05) is 0 Å². The zero-order valence-electron chi connectivity index (χ0n) is 14.2. The Morgan fingerprint density at radius 3 is 2.19 bits per heavy atom. The van der Waals surface area contributed by atoms with Crippen LogP contribution in [0.2, 0.25) is 0 Å². The number of rotatable bonds is 6. The predicted molar refractivity (Wildman–Crippen MR) is 81.6 cm³/mol. The fourth-order valence-corrected chi connectivity index (χ4v) is 1.77. The van der Waals surface area contributed by atoms with E-state index in [0.29, 0.717) is 12.1 Å². The van der Waals surface area contributed by atoms with Crippen molar-refractivity contribution in [2.24, 2.45) is 0 Å². The van der Waals surface area contributed by atoms with Crippen LogP contribution < -0.4 is 4.74 Å². The van der Waals surface area contributed by atoms with Gasteiger partial charge in [-0.2, -0.15) is 22.0 Å². The zero-order valence-corrected chi connectivity index (χ0v) is 14.2. The first-order chi connectivity index (χ1) is 11.7. The van der Waals surface area contributed by atoms with Gasteiger partial charge in [-0.1, -0.05) is 19.6 Å². The van der Waals surface area contributed by atoms with Crippen LogP contribution >= 0.6 is 0 Å². The summed E-state index contributed by atoms with van der Waals surface area (Å²) >= 11 is 0. The molecule has 0 aliphatic carbocycles. The predicted octanol–water partition coefficient (Wildman–Crippen LogP) is 4.53. The molecule has 26 heavy (non-hydrogen) atoms. The first kappa shape index (κ1) is 21.6. The van der Waals surface area contributed by atoms with Crippen LogP contribution in [-0.4, -0.2) is 23.5 Å². The maximum absolute atomic E-state index is 14.5. The summed E-state index contributed by atoms with van der Waals surface area (Å²) in [4.78, 5) is 23.5. The van der Waals surface area contributed by atoms with E-state index < -0.39 is 47.4 Å². The Morgan fingerprint density at radius 1 is 1.15 bits per heavy atom. The van der Waals surface area contributed by atoms with E-state index in [2.05, 4.69) is 16.1 Å². The third-order valence-electron chi connectivity index (χ3n) is 3.63. The minimum Gasteiger partial charge on any atom is -0.449 e. The Labute approximate surface area is 146 Å². The highest BCUT2D eigenvalue weighted by atomic mass is 19.4. The van der Waals surface area contributed by atoms with Crippen LogP contribution in [0.1, 0.15) is 32.8 Å². The van der Waals surface area contributed by atoms with E-state index in [4.69, 9.17) is 0 Å². The van der Waals surface area contributed by atoms with Crippen LogP contribution in [0.15, 0.2) is 36.4 Å². The first-order valence-corrected chi connectivity index (χ1v) is 7.41. The van der Waals surface area contributed by atoms with Crippen molar-refractivity contribution in [1.82, 2.24) is 0 Å². The summed E-state index contributed by atoms with van der Waals surface area (Å²) in [6.45, 7) is 6.56. The normalized spacial score (nSPS) is 14.3. The molecule has 9 heteroatoms. The highest BCUT2D eigenvalue weighted by Crippen LogP contribution is 2.37. The van der Waals surface area contributed by atoms with Gasteiger partial charge in [0.25, 0.3) is 0 Å². The molecule has 0 saturated carbocycles. The SMILES string of the molecule is C=C(C)C(=O)OC(C)(CC)C(F)(F)C(=O)Oc1cccc(C(F)(F)F)c1. The Kier molecular flexibility index (Phi) is 6.17. The quantitative estimate of drug-likeness (QED) is 0.315. The van der Waals surface area contributed by atoms with Crippen LogP contribution in [0.4, 0.5) is 22.0 Å². The second-order valence-electron chi connectivity index (χ2n) is 5.74. The minimum atomic E-state index is -4.74. The monoisotopic (exact) mass is 380 g/mol. The molecule has 1 aromatic rings. The lowest BCUT2D eigenvalue weighted by molar-refractivity contribution is -0.215. The largest absolute Gasteiger partial charge is 0.449 e. The van der Waals surface area contributed by atoms with E-state index in [1.165, 1.54) is 13.8 Å². The molecule has 0 heterocycles. The van der Waals surface area contributed by atoms with Crippen molar-refractivity contribution >= 4 is 11.9 Å². The molecule has 0 aliphatic rings. The van der Waals surface area contributed by atoms with Crippen molar-refractivity contribution in [3.8, 4) is 5.75 Å². The molecule has 4 nitrogen and oxygen atoms in total. The molecule has 0 N–H and O–H groups in total. The van der Waals surface area contributed by atoms with Gasteiger partial charge in [-0.05, 0) is 38.5 Å². The molecule has 0 fully saturated rings. The van der Waals surface area contributed by atoms with Gasteiger partial charge in [0.1, 0.15) is 5.75 Å². The summed E-state index contributed by atoms with van der Waals surface area (Å²) in [5.41, 5.74) is -3.90. The lowest BCUT2D eigenvalue weighted by Crippen LogP contribution is -2.55. The van der Waals surface area contributed by atoms with E-state index in [9.17, 15) is 31.5 Å². The van der Waals surface area contributed by atoms with Gasteiger partial charge in [-0.25, -0.2) is 9.59 Å². The molecule has 0 amide bonds. The number of ether oxygens (including phenoxy) is 2. The van der Waals surface area contributed by atoms with Gasteiger partial charge >= 0.3 is 24.0 Å². The number of benzene rings is 1. The third-order valence-corrected chi connectivity index (χ3v) is 3.63. The average molecular weight is 380 g/mol. The number of carbonyl (C=O) groups is 2. The number of hydrogen-bond donors (Lipinski definition) is 0. The lowest BCUT2D eigenvalue weighted by atomic mass is 9.94. The summed E-state index contributed by atoms with van der Waals surface area (Å²) in [6.07, 6.45) is -5.20. The number of esters is 2. The summed E-state index contributed by atoms with van der Waals surface area (Å²) < 4.78 is 76.0. The van der Waals surface area contributed by atoms with E-state index in [-0.39, 0.29) is 5.57 Å². The van der Waals surface area contributed by atoms with Gasteiger partial charge in [0.15, 0.2) is 5.60 Å². The molecular weight excluding hydrogens is 363 g/mol. The van der Waals surface area contributed by atoms with Crippen LogP contribution in [0, 0.1) is 0 Å². The third kappa shape index (κ3) is 4.59. The van der Waals surface area contributed by atoms with E-state index in [1.54, 1.807) is 0 Å². The summed E-state index contributed by atoms with van der Waals surface area (Å²) in [7, 11) is 0. The van der Waals surface area contributed by atoms with Crippen LogP contribution in [0.25, 0.3) is 0 Å². The van der Waals surface area contributed by atoms with Crippen molar-refractivity contribution in [2.75, 3.05) is 0 Å². The first-order valence-electron chi connectivity index (χ1n) is 7.41. The van der Waals surface area contributed by atoms with Crippen molar-refractivity contribution < 1.29 is 41.0 Å². The van der Waals surface area contributed by atoms with Gasteiger partial charge < -0.3 is 9.47 Å². The van der Waals surface area contributed by atoms with E-state index in [0.717, 1.165) is 19.1 Å². The lowest BCUT2D eigenvalue weighted by Gasteiger charge is -2.34. The average Bonchev–Trinajstić information content (AvgIpc) is 2.53. The molecule has 0 saturated heterocycles. The number of hydrogen-bond acceptors (Lipinski definition) is 4.